The highest BCUT2D eigenvalue weighted by Gasteiger charge is 2.13. The second kappa shape index (κ2) is 10.7. The first-order valence-corrected chi connectivity index (χ1v) is 11.1. The molecule has 1 saturated heterocycles. The van der Waals surface area contributed by atoms with Crippen LogP contribution in [-0.4, -0.2) is 58.7 Å². The van der Waals surface area contributed by atoms with Crippen molar-refractivity contribution < 1.29 is 9.18 Å². The quantitative estimate of drug-likeness (QED) is 0.486. The van der Waals surface area contributed by atoms with Crippen LogP contribution in [0.1, 0.15) is 12.1 Å². The summed E-state index contributed by atoms with van der Waals surface area (Å²) in [5, 5.41) is 18.1. The fourth-order valence-corrected chi connectivity index (χ4v) is 3.71. The molecule has 0 saturated carbocycles. The summed E-state index contributed by atoms with van der Waals surface area (Å²) in [6.07, 6.45) is 2.01. The van der Waals surface area contributed by atoms with Crippen LogP contribution in [0.5, 0.6) is 0 Å². The third-order valence-electron chi connectivity index (χ3n) is 5.35. The predicted octanol–water partition coefficient (Wildman–Crippen LogP) is 3.62. The van der Waals surface area contributed by atoms with Gasteiger partial charge in [0.2, 0.25) is 5.91 Å². The van der Waals surface area contributed by atoms with Crippen molar-refractivity contribution in [2.45, 2.75) is 13.3 Å². The average molecular weight is 470 g/mol. The highest BCUT2D eigenvalue weighted by atomic mass is 35.5. The summed E-state index contributed by atoms with van der Waals surface area (Å²) in [6, 6.07) is 9.52. The van der Waals surface area contributed by atoms with Gasteiger partial charge in [-0.1, -0.05) is 11.6 Å². The van der Waals surface area contributed by atoms with E-state index in [2.05, 4.69) is 36.0 Å². The molecule has 172 valence electrons. The van der Waals surface area contributed by atoms with Crippen LogP contribution in [0, 0.1) is 12.7 Å². The Balaban J connectivity index is 1.43. The molecular weight excluding hydrogens is 445 g/mol. The second-order valence-electron chi connectivity index (χ2n) is 7.80. The maximum Gasteiger partial charge on any atom is 0.226 e. The molecule has 0 bridgehead atoms. The molecule has 3 N–H and O–H groups in total. The SMILES string of the molecule is Cc1nnc(-c2cc(Cl)ccc2F)cc1Nc1ccnc(NC(=O)CCN2CCNCC2)c1. The molecule has 1 amide bonds. The predicted molar refractivity (Wildman–Crippen MR) is 127 cm³/mol. The van der Waals surface area contributed by atoms with Crippen LogP contribution < -0.4 is 16.0 Å². The monoisotopic (exact) mass is 469 g/mol. The van der Waals surface area contributed by atoms with Gasteiger partial charge < -0.3 is 20.9 Å². The Morgan fingerprint density at radius 2 is 2.00 bits per heavy atom. The number of anilines is 3. The minimum Gasteiger partial charge on any atom is -0.354 e. The van der Waals surface area contributed by atoms with Crippen molar-refractivity contribution in [1.82, 2.24) is 25.4 Å². The number of carbonyl (C=O) groups excluding carboxylic acids is 1. The number of benzene rings is 1. The smallest absolute Gasteiger partial charge is 0.226 e. The molecule has 3 aromatic rings. The van der Waals surface area contributed by atoms with Crippen LogP contribution in [0.3, 0.4) is 0 Å². The number of pyridine rings is 1. The lowest BCUT2D eigenvalue weighted by molar-refractivity contribution is -0.116. The molecule has 8 nitrogen and oxygen atoms in total. The summed E-state index contributed by atoms with van der Waals surface area (Å²) in [6.45, 7) is 6.32. The van der Waals surface area contributed by atoms with Gasteiger partial charge in [-0.25, -0.2) is 9.37 Å². The van der Waals surface area contributed by atoms with Crippen LogP contribution in [-0.2, 0) is 4.79 Å². The van der Waals surface area contributed by atoms with E-state index in [9.17, 15) is 9.18 Å². The largest absolute Gasteiger partial charge is 0.354 e. The lowest BCUT2D eigenvalue weighted by Gasteiger charge is -2.26. The fraction of sp³-hybridized carbons (Fsp3) is 0.304. The van der Waals surface area contributed by atoms with Gasteiger partial charge in [-0.15, -0.1) is 0 Å². The van der Waals surface area contributed by atoms with E-state index in [1.54, 1.807) is 31.3 Å². The maximum atomic E-state index is 14.3. The minimum atomic E-state index is -0.432. The third-order valence-corrected chi connectivity index (χ3v) is 5.59. The molecule has 1 aliphatic heterocycles. The Morgan fingerprint density at radius 1 is 1.18 bits per heavy atom. The van der Waals surface area contributed by atoms with Crippen molar-refractivity contribution in [1.29, 1.82) is 0 Å². The number of nitrogens with one attached hydrogen (secondary N) is 3. The van der Waals surface area contributed by atoms with Gasteiger partial charge in [0.25, 0.3) is 0 Å². The molecule has 0 radical (unpaired) electrons. The van der Waals surface area contributed by atoms with Crippen LogP contribution in [0.4, 0.5) is 21.6 Å². The number of halogens is 2. The molecular formula is C23H25ClFN7O. The topological polar surface area (TPSA) is 95.1 Å². The lowest BCUT2D eigenvalue weighted by Crippen LogP contribution is -2.44. The van der Waals surface area contributed by atoms with Gasteiger partial charge in [-0.05, 0) is 37.3 Å². The molecule has 4 rings (SSSR count). The van der Waals surface area contributed by atoms with Gasteiger partial charge in [0.15, 0.2) is 0 Å². The Labute approximate surface area is 196 Å². The summed E-state index contributed by atoms with van der Waals surface area (Å²) < 4.78 is 14.3. The van der Waals surface area contributed by atoms with Crippen molar-refractivity contribution in [2.24, 2.45) is 0 Å². The Kier molecular flexibility index (Phi) is 7.43. The summed E-state index contributed by atoms with van der Waals surface area (Å²) in [5.41, 5.74) is 2.63. The minimum absolute atomic E-state index is 0.0846. The zero-order chi connectivity index (χ0) is 23.2. The van der Waals surface area contributed by atoms with Gasteiger partial charge in [-0.3, -0.25) is 4.79 Å². The van der Waals surface area contributed by atoms with Crippen LogP contribution in [0.15, 0.2) is 42.6 Å². The molecule has 1 aromatic carbocycles. The molecule has 33 heavy (non-hydrogen) atoms. The number of rotatable bonds is 7. The number of aromatic nitrogens is 3. The summed E-state index contributed by atoms with van der Waals surface area (Å²) in [4.78, 5) is 18.9. The highest BCUT2D eigenvalue weighted by molar-refractivity contribution is 6.30. The van der Waals surface area contributed by atoms with Crippen LogP contribution >= 0.6 is 11.6 Å². The number of carbonyl (C=O) groups is 1. The normalized spacial score (nSPS) is 14.2. The molecule has 10 heteroatoms. The van der Waals surface area contributed by atoms with Crippen molar-refractivity contribution in [3.8, 4) is 11.3 Å². The molecule has 0 spiro atoms. The Hall–Kier alpha value is -3.14. The molecule has 0 aliphatic carbocycles. The van der Waals surface area contributed by atoms with E-state index in [1.807, 2.05) is 0 Å². The van der Waals surface area contributed by atoms with Gasteiger partial charge in [0.1, 0.15) is 11.6 Å². The third kappa shape index (κ3) is 6.22. The molecule has 2 aromatic heterocycles. The van der Waals surface area contributed by atoms with E-state index < -0.39 is 5.82 Å². The second-order valence-corrected chi connectivity index (χ2v) is 8.23. The fourth-order valence-electron chi connectivity index (χ4n) is 3.54. The number of hydrogen-bond donors (Lipinski definition) is 3. The van der Waals surface area contributed by atoms with E-state index >= 15 is 0 Å². The number of hydrogen-bond acceptors (Lipinski definition) is 7. The number of amides is 1. The first-order chi connectivity index (χ1) is 16.0. The van der Waals surface area contributed by atoms with Crippen LogP contribution in [0.25, 0.3) is 11.3 Å². The lowest BCUT2D eigenvalue weighted by atomic mass is 10.1. The van der Waals surface area contributed by atoms with Crippen LogP contribution in [0.2, 0.25) is 5.02 Å². The number of aryl methyl sites for hydroxylation is 1. The highest BCUT2D eigenvalue weighted by Crippen LogP contribution is 2.28. The van der Waals surface area contributed by atoms with E-state index in [-0.39, 0.29) is 11.5 Å². The zero-order valence-corrected chi connectivity index (χ0v) is 19.0. The van der Waals surface area contributed by atoms with Gasteiger partial charge in [0, 0.05) is 67.7 Å². The average Bonchev–Trinajstić information content (AvgIpc) is 2.82. The van der Waals surface area contributed by atoms with Gasteiger partial charge >= 0.3 is 0 Å². The zero-order valence-electron chi connectivity index (χ0n) is 18.2. The van der Waals surface area contributed by atoms with E-state index in [1.165, 1.54) is 18.2 Å². The summed E-state index contributed by atoms with van der Waals surface area (Å²) in [7, 11) is 0. The standard InChI is InChI=1S/C23H25ClFN7O/c1-15-20(14-21(31-30-15)18-12-16(24)2-3-19(18)25)28-17-4-6-27-22(13-17)29-23(33)5-9-32-10-7-26-8-11-32/h2-4,6,12-14,26H,5,7-11H2,1H3,(H2,27,28,29,31,33). The van der Waals surface area contributed by atoms with E-state index in [0.717, 1.165) is 32.7 Å². The number of nitrogens with zero attached hydrogens (tertiary/aromatic N) is 4. The maximum absolute atomic E-state index is 14.3. The summed E-state index contributed by atoms with van der Waals surface area (Å²) >= 11 is 6.02. The molecule has 1 fully saturated rings. The molecule has 3 heterocycles. The van der Waals surface area contributed by atoms with Crippen molar-refractivity contribution in [3.63, 3.8) is 0 Å². The van der Waals surface area contributed by atoms with Crippen molar-refractivity contribution >= 4 is 34.7 Å². The van der Waals surface area contributed by atoms with Gasteiger partial charge in [-0.2, -0.15) is 10.2 Å². The molecule has 1 aliphatic rings. The van der Waals surface area contributed by atoms with Gasteiger partial charge in [0.05, 0.1) is 17.1 Å². The van der Waals surface area contributed by atoms with Crippen molar-refractivity contribution in [2.75, 3.05) is 43.4 Å². The Morgan fingerprint density at radius 3 is 2.82 bits per heavy atom. The first-order valence-electron chi connectivity index (χ1n) is 10.7. The first kappa shape index (κ1) is 23.0. The van der Waals surface area contributed by atoms with Crippen molar-refractivity contribution in [3.05, 3.63) is 59.1 Å². The van der Waals surface area contributed by atoms with E-state index in [4.69, 9.17) is 11.6 Å². The Bertz CT molecular complexity index is 1140. The summed E-state index contributed by atoms with van der Waals surface area (Å²) in [5.74, 6) is -0.0667. The van der Waals surface area contributed by atoms with E-state index in [0.29, 0.717) is 40.0 Å². The molecule has 0 unspecified atom stereocenters. The molecule has 0 atom stereocenters. The number of piperazine rings is 1.